The molecule has 0 heterocycles. The van der Waals surface area contributed by atoms with E-state index in [1.807, 2.05) is 44.1 Å². The highest BCUT2D eigenvalue weighted by atomic mass is 16.5. The highest BCUT2D eigenvalue weighted by Gasteiger charge is 2.22. The Kier molecular flexibility index (Phi) is 5.63. The van der Waals surface area contributed by atoms with Gasteiger partial charge < -0.3 is 15.2 Å². The molecule has 19 heavy (non-hydrogen) atoms. The summed E-state index contributed by atoms with van der Waals surface area (Å²) >= 11 is 0. The Labute approximate surface area is 116 Å². The van der Waals surface area contributed by atoms with Gasteiger partial charge in [-0.2, -0.15) is 0 Å². The fourth-order valence-electron chi connectivity index (χ4n) is 1.72. The Morgan fingerprint density at radius 1 is 1.26 bits per heavy atom. The third-order valence-corrected chi connectivity index (χ3v) is 3.27. The SMILES string of the molecule is CCCOc1ccc(CC(C)(N)N(C)C)cc1OC. The van der Waals surface area contributed by atoms with Crippen LogP contribution in [0.25, 0.3) is 0 Å². The predicted octanol–water partition coefficient (Wildman–Crippen LogP) is 2.26. The predicted molar refractivity (Wildman–Crippen MR) is 78.8 cm³/mol. The maximum atomic E-state index is 6.26. The maximum Gasteiger partial charge on any atom is 0.161 e. The summed E-state index contributed by atoms with van der Waals surface area (Å²) in [6.07, 6.45) is 1.73. The van der Waals surface area contributed by atoms with E-state index in [9.17, 15) is 0 Å². The van der Waals surface area contributed by atoms with Gasteiger partial charge in [0, 0.05) is 6.42 Å². The largest absolute Gasteiger partial charge is 0.493 e. The minimum absolute atomic E-state index is 0.378. The molecule has 0 aliphatic heterocycles. The molecule has 1 atom stereocenters. The second-order valence-corrected chi connectivity index (χ2v) is 5.26. The van der Waals surface area contributed by atoms with Crippen LogP contribution in [0.5, 0.6) is 11.5 Å². The number of hydrogen-bond acceptors (Lipinski definition) is 4. The van der Waals surface area contributed by atoms with Gasteiger partial charge >= 0.3 is 0 Å². The molecule has 1 aromatic carbocycles. The minimum atomic E-state index is -0.378. The Bertz CT molecular complexity index is 403. The van der Waals surface area contributed by atoms with E-state index in [4.69, 9.17) is 15.2 Å². The summed E-state index contributed by atoms with van der Waals surface area (Å²) in [5.41, 5.74) is 7.02. The second kappa shape index (κ2) is 6.78. The van der Waals surface area contributed by atoms with Crippen LogP contribution in [0.3, 0.4) is 0 Å². The van der Waals surface area contributed by atoms with E-state index in [0.717, 1.165) is 29.9 Å². The molecule has 0 aliphatic carbocycles. The Hall–Kier alpha value is -1.26. The van der Waals surface area contributed by atoms with E-state index in [2.05, 4.69) is 6.92 Å². The van der Waals surface area contributed by atoms with Crippen LogP contribution >= 0.6 is 0 Å². The fourth-order valence-corrected chi connectivity index (χ4v) is 1.72. The van der Waals surface area contributed by atoms with Crippen LogP contribution in [0.1, 0.15) is 25.8 Å². The smallest absolute Gasteiger partial charge is 0.161 e. The molecule has 0 fully saturated rings. The van der Waals surface area contributed by atoms with Gasteiger partial charge in [-0.15, -0.1) is 0 Å². The number of likely N-dealkylation sites (N-methyl/N-ethyl adjacent to an activating group) is 1. The van der Waals surface area contributed by atoms with E-state index in [1.54, 1.807) is 7.11 Å². The number of nitrogens with two attached hydrogens (primary N) is 1. The summed E-state index contributed by atoms with van der Waals surface area (Å²) in [4.78, 5) is 2.01. The minimum Gasteiger partial charge on any atom is -0.493 e. The van der Waals surface area contributed by atoms with Crippen molar-refractivity contribution in [3.63, 3.8) is 0 Å². The van der Waals surface area contributed by atoms with E-state index in [0.29, 0.717) is 6.61 Å². The van der Waals surface area contributed by atoms with Gasteiger partial charge in [0.25, 0.3) is 0 Å². The topological polar surface area (TPSA) is 47.7 Å². The van der Waals surface area contributed by atoms with Crippen molar-refractivity contribution in [3.05, 3.63) is 23.8 Å². The number of nitrogens with zero attached hydrogens (tertiary/aromatic N) is 1. The van der Waals surface area contributed by atoms with Gasteiger partial charge in [0.2, 0.25) is 0 Å². The number of benzene rings is 1. The molecule has 0 saturated carbocycles. The van der Waals surface area contributed by atoms with Crippen molar-refractivity contribution in [2.75, 3.05) is 27.8 Å². The molecule has 0 radical (unpaired) electrons. The van der Waals surface area contributed by atoms with Crippen LogP contribution in [0.4, 0.5) is 0 Å². The first-order valence-corrected chi connectivity index (χ1v) is 6.66. The van der Waals surface area contributed by atoms with Crippen molar-refractivity contribution in [2.45, 2.75) is 32.4 Å². The summed E-state index contributed by atoms with van der Waals surface area (Å²) < 4.78 is 11.0. The Morgan fingerprint density at radius 3 is 2.47 bits per heavy atom. The van der Waals surface area contributed by atoms with Crippen LogP contribution < -0.4 is 15.2 Å². The van der Waals surface area contributed by atoms with E-state index < -0.39 is 0 Å². The summed E-state index contributed by atoms with van der Waals surface area (Å²) in [5, 5.41) is 0. The van der Waals surface area contributed by atoms with Gasteiger partial charge in [-0.05, 0) is 45.1 Å². The first kappa shape index (κ1) is 15.8. The normalized spacial score (nSPS) is 14.3. The highest BCUT2D eigenvalue weighted by molar-refractivity contribution is 5.43. The number of rotatable bonds is 7. The molecule has 1 aromatic rings. The van der Waals surface area contributed by atoms with E-state index in [1.165, 1.54) is 0 Å². The zero-order chi connectivity index (χ0) is 14.5. The van der Waals surface area contributed by atoms with Crippen molar-refractivity contribution in [2.24, 2.45) is 5.73 Å². The molecular weight excluding hydrogens is 240 g/mol. The molecule has 0 spiro atoms. The summed E-state index contributed by atoms with van der Waals surface area (Å²) in [7, 11) is 5.62. The summed E-state index contributed by atoms with van der Waals surface area (Å²) in [6.45, 7) is 4.79. The molecule has 4 heteroatoms. The lowest BCUT2D eigenvalue weighted by molar-refractivity contribution is 0.180. The Morgan fingerprint density at radius 2 is 1.95 bits per heavy atom. The molecule has 0 aromatic heterocycles. The van der Waals surface area contributed by atoms with Crippen molar-refractivity contribution in [3.8, 4) is 11.5 Å². The first-order chi connectivity index (χ1) is 8.90. The molecule has 108 valence electrons. The average molecular weight is 266 g/mol. The zero-order valence-corrected chi connectivity index (χ0v) is 12.7. The molecule has 2 N–H and O–H groups in total. The second-order valence-electron chi connectivity index (χ2n) is 5.26. The average Bonchev–Trinajstić information content (AvgIpc) is 2.36. The molecule has 0 saturated heterocycles. The van der Waals surface area contributed by atoms with Crippen LogP contribution in [-0.4, -0.2) is 38.4 Å². The lowest BCUT2D eigenvalue weighted by Gasteiger charge is -2.32. The van der Waals surface area contributed by atoms with Crippen molar-refractivity contribution in [1.29, 1.82) is 0 Å². The van der Waals surface area contributed by atoms with E-state index >= 15 is 0 Å². The fraction of sp³-hybridized carbons (Fsp3) is 0.600. The number of methoxy groups -OCH3 is 1. The van der Waals surface area contributed by atoms with Gasteiger partial charge in [-0.25, -0.2) is 0 Å². The third-order valence-electron chi connectivity index (χ3n) is 3.27. The van der Waals surface area contributed by atoms with Crippen molar-refractivity contribution >= 4 is 0 Å². The maximum absolute atomic E-state index is 6.26. The van der Waals surface area contributed by atoms with Crippen LogP contribution in [-0.2, 0) is 6.42 Å². The monoisotopic (exact) mass is 266 g/mol. The molecule has 1 rings (SSSR count). The Balaban J connectivity index is 2.87. The van der Waals surface area contributed by atoms with Gasteiger partial charge in [-0.3, -0.25) is 4.90 Å². The standard InChI is InChI=1S/C15H26N2O2/c1-6-9-19-13-8-7-12(10-14(13)18-5)11-15(2,16)17(3)4/h7-8,10H,6,9,11,16H2,1-5H3. The van der Waals surface area contributed by atoms with Gasteiger partial charge in [0.15, 0.2) is 11.5 Å². The van der Waals surface area contributed by atoms with Gasteiger partial charge in [0.05, 0.1) is 19.4 Å². The van der Waals surface area contributed by atoms with Crippen LogP contribution in [0.15, 0.2) is 18.2 Å². The van der Waals surface area contributed by atoms with Gasteiger partial charge in [-0.1, -0.05) is 13.0 Å². The lowest BCUT2D eigenvalue weighted by Crippen LogP contribution is -2.51. The molecule has 1 unspecified atom stereocenters. The molecule has 0 amide bonds. The van der Waals surface area contributed by atoms with Crippen LogP contribution in [0, 0.1) is 0 Å². The summed E-state index contributed by atoms with van der Waals surface area (Å²) in [6, 6.07) is 6.00. The highest BCUT2D eigenvalue weighted by Crippen LogP contribution is 2.29. The first-order valence-electron chi connectivity index (χ1n) is 6.66. The quantitative estimate of drug-likeness (QED) is 0.769. The third kappa shape index (κ3) is 4.40. The number of hydrogen-bond donors (Lipinski definition) is 1. The molecule has 4 nitrogen and oxygen atoms in total. The molecular formula is C15H26N2O2. The summed E-state index contributed by atoms with van der Waals surface area (Å²) in [5.74, 6) is 1.55. The number of ether oxygens (including phenoxy) is 2. The van der Waals surface area contributed by atoms with Crippen molar-refractivity contribution in [1.82, 2.24) is 4.90 Å². The molecule has 0 aliphatic rings. The lowest BCUT2D eigenvalue weighted by atomic mass is 10.0. The van der Waals surface area contributed by atoms with Gasteiger partial charge in [0.1, 0.15) is 0 Å². The van der Waals surface area contributed by atoms with Crippen LogP contribution in [0.2, 0.25) is 0 Å². The van der Waals surface area contributed by atoms with Crippen molar-refractivity contribution < 1.29 is 9.47 Å². The van der Waals surface area contributed by atoms with E-state index in [-0.39, 0.29) is 5.66 Å². The zero-order valence-electron chi connectivity index (χ0n) is 12.7. The molecule has 0 bridgehead atoms.